The molecule has 1 aliphatic heterocycles. The number of nitrogens with one attached hydrogen (secondary N) is 1. The SMILES string of the molecule is O=C(c1[nH]c2ccccc2c1Cl)N1CCC[C@@H]1c1ccncc1. The lowest BCUT2D eigenvalue weighted by Crippen LogP contribution is -2.31. The summed E-state index contributed by atoms with van der Waals surface area (Å²) in [6, 6.07) is 11.8. The molecule has 1 aliphatic rings. The number of H-pyrrole nitrogens is 1. The lowest BCUT2D eigenvalue weighted by molar-refractivity contribution is 0.0731. The molecule has 4 nitrogen and oxygen atoms in total. The van der Waals surface area contributed by atoms with E-state index in [2.05, 4.69) is 9.97 Å². The van der Waals surface area contributed by atoms with Crippen molar-refractivity contribution in [2.75, 3.05) is 6.54 Å². The van der Waals surface area contributed by atoms with E-state index >= 15 is 0 Å². The predicted octanol–water partition coefficient (Wildman–Crippen LogP) is 4.19. The zero-order valence-electron chi connectivity index (χ0n) is 12.5. The summed E-state index contributed by atoms with van der Waals surface area (Å²) in [5, 5.41) is 1.39. The molecule has 4 rings (SSSR count). The van der Waals surface area contributed by atoms with Gasteiger partial charge < -0.3 is 9.88 Å². The van der Waals surface area contributed by atoms with Crippen molar-refractivity contribution in [2.24, 2.45) is 0 Å². The van der Waals surface area contributed by atoms with E-state index in [0.29, 0.717) is 10.7 Å². The number of hydrogen-bond acceptors (Lipinski definition) is 2. The molecule has 1 N–H and O–H groups in total. The van der Waals surface area contributed by atoms with Gasteiger partial charge in [0, 0.05) is 29.8 Å². The summed E-state index contributed by atoms with van der Waals surface area (Å²) in [6.07, 6.45) is 5.50. The van der Waals surface area contributed by atoms with E-state index in [1.165, 1.54) is 0 Å². The van der Waals surface area contributed by atoms with Gasteiger partial charge in [0.25, 0.3) is 5.91 Å². The van der Waals surface area contributed by atoms with Gasteiger partial charge in [-0.05, 0) is 36.6 Å². The topological polar surface area (TPSA) is 49.0 Å². The van der Waals surface area contributed by atoms with Gasteiger partial charge in [-0.25, -0.2) is 0 Å². The van der Waals surface area contributed by atoms with Crippen LogP contribution in [0.5, 0.6) is 0 Å². The second-order valence-electron chi connectivity index (χ2n) is 5.80. The van der Waals surface area contributed by atoms with Crippen LogP contribution >= 0.6 is 11.6 Å². The molecule has 3 heterocycles. The molecule has 1 fully saturated rings. The van der Waals surface area contributed by atoms with Crippen LogP contribution in [0.3, 0.4) is 0 Å². The molecule has 0 aliphatic carbocycles. The van der Waals surface area contributed by atoms with E-state index in [1.54, 1.807) is 12.4 Å². The Labute approximate surface area is 139 Å². The van der Waals surface area contributed by atoms with Crippen LogP contribution < -0.4 is 0 Å². The largest absolute Gasteiger partial charge is 0.349 e. The number of rotatable bonds is 2. The van der Waals surface area contributed by atoms with Crippen LogP contribution in [0, 0.1) is 0 Å². The van der Waals surface area contributed by atoms with Crippen molar-refractivity contribution in [1.82, 2.24) is 14.9 Å². The maximum Gasteiger partial charge on any atom is 0.272 e. The molecule has 0 radical (unpaired) electrons. The Morgan fingerprint density at radius 1 is 1.22 bits per heavy atom. The van der Waals surface area contributed by atoms with Crippen LogP contribution in [-0.2, 0) is 0 Å². The number of aromatic nitrogens is 2. The zero-order chi connectivity index (χ0) is 15.8. The molecular weight excluding hydrogens is 310 g/mol. The molecule has 0 spiro atoms. The summed E-state index contributed by atoms with van der Waals surface area (Å²) in [5.74, 6) is -0.0366. The first kappa shape index (κ1) is 14.3. The van der Waals surface area contributed by atoms with Crippen molar-refractivity contribution >= 4 is 28.4 Å². The molecule has 1 aromatic carbocycles. The molecule has 0 unspecified atom stereocenters. The number of likely N-dealkylation sites (tertiary alicyclic amines) is 1. The third-order valence-electron chi connectivity index (χ3n) is 4.46. The van der Waals surface area contributed by atoms with Crippen molar-refractivity contribution in [1.29, 1.82) is 0 Å². The summed E-state index contributed by atoms with van der Waals surface area (Å²) < 4.78 is 0. The van der Waals surface area contributed by atoms with Gasteiger partial charge in [-0.2, -0.15) is 0 Å². The number of pyridine rings is 1. The van der Waals surface area contributed by atoms with Crippen LogP contribution in [0.15, 0.2) is 48.8 Å². The summed E-state index contributed by atoms with van der Waals surface area (Å²) in [5.41, 5.74) is 2.49. The molecule has 3 aromatic rings. The number of nitrogens with zero attached hydrogens (tertiary/aromatic N) is 2. The molecule has 1 amide bonds. The van der Waals surface area contributed by atoms with Crippen molar-refractivity contribution in [2.45, 2.75) is 18.9 Å². The number of halogens is 1. The maximum absolute atomic E-state index is 13.0. The van der Waals surface area contributed by atoms with Crippen LogP contribution in [0.4, 0.5) is 0 Å². The van der Waals surface area contributed by atoms with Crippen LogP contribution in [0.1, 0.15) is 34.9 Å². The van der Waals surface area contributed by atoms with Gasteiger partial charge >= 0.3 is 0 Å². The van der Waals surface area contributed by atoms with Crippen molar-refractivity contribution < 1.29 is 4.79 Å². The lowest BCUT2D eigenvalue weighted by atomic mass is 10.1. The number of carbonyl (C=O) groups excluding carboxylic acids is 1. The fraction of sp³-hybridized carbons (Fsp3) is 0.222. The second kappa shape index (κ2) is 5.70. The van der Waals surface area contributed by atoms with Gasteiger partial charge in [0.15, 0.2) is 0 Å². The Morgan fingerprint density at radius 3 is 2.78 bits per heavy atom. The van der Waals surface area contributed by atoms with Crippen molar-refractivity contribution in [3.8, 4) is 0 Å². The Balaban J connectivity index is 1.71. The monoisotopic (exact) mass is 325 g/mol. The van der Waals surface area contributed by atoms with Gasteiger partial charge in [0.1, 0.15) is 5.69 Å². The number of hydrogen-bond donors (Lipinski definition) is 1. The van der Waals surface area contributed by atoms with E-state index < -0.39 is 0 Å². The second-order valence-corrected chi connectivity index (χ2v) is 6.17. The Bertz CT molecular complexity index is 859. The number of fused-ring (bicyclic) bond motifs is 1. The van der Waals surface area contributed by atoms with Crippen LogP contribution in [-0.4, -0.2) is 27.3 Å². The molecule has 5 heteroatoms. The lowest BCUT2D eigenvalue weighted by Gasteiger charge is -2.24. The third-order valence-corrected chi connectivity index (χ3v) is 4.85. The first-order valence-corrected chi connectivity index (χ1v) is 8.10. The van der Waals surface area contributed by atoms with E-state index in [-0.39, 0.29) is 11.9 Å². The average molecular weight is 326 g/mol. The van der Waals surface area contributed by atoms with Crippen LogP contribution in [0.2, 0.25) is 5.02 Å². The Morgan fingerprint density at radius 2 is 2.00 bits per heavy atom. The molecule has 1 saturated heterocycles. The van der Waals surface area contributed by atoms with Gasteiger partial charge in [-0.15, -0.1) is 0 Å². The summed E-state index contributed by atoms with van der Waals surface area (Å²) in [7, 11) is 0. The average Bonchev–Trinajstić information content (AvgIpc) is 3.21. The standard InChI is InChI=1S/C18H16ClN3O/c19-16-13-4-1-2-5-14(13)21-17(16)18(23)22-11-3-6-15(22)12-7-9-20-10-8-12/h1-2,4-5,7-10,15,21H,3,6,11H2/t15-/m1/s1. The maximum atomic E-state index is 13.0. The third kappa shape index (κ3) is 2.39. The highest BCUT2D eigenvalue weighted by atomic mass is 35.5. The molecular formula is C18H16ClN3O. The van der Waals surface area contributed by atoms with E-state index in [9.17, 15) is 4.79 Å². The highest BCUT2D eigenvalue weighted by Gasteiger charge is 2.32. The molecule has 116 valence electrons. The first-order chi connectivity index (χ1) is 11.3. The molecule has 0 saturated carbocycles. The van der Waals surface area contributed by atoms with E-state index in [0.717, 1.165) is 35.9 Å². The van der Waals surface area contributed by atoms with Gasteiger partial charge in [0.2, 0.25) is 0 Å². The molecule has 1 atom stereocenters. The Hall–Kier alpha value is -2.33. The first-order valence-electron chi connectivity index (χ1n) is 7.73. The van der Waals surface area contributed by atoms with Gasteiger partial charge in [-0.3, -0.25) is 9.78 Å². The van der Waals surface area contributed by atoms with Crippen molar-refractivity contribution in [3.63, 3.8) is 0 Å². The highest BCUT2D eigenvalue weighted by Crippen LogP contribution is 2.35. The number of carbonyl (C=O) groups is 1. The summed E-state index contributed by atoms with van der Waals surface area (Å²) in [4.78, 5) is 22.2. The minimum absolute atomic E-state index is 0.0366. The van der Waals surface area contributed by atoms with Crippen LogP contribution in [0.25, 0.3) is 10.9 Å². The number of benzene rings is 1. The highest BCUT2D eigenvalue weighted by molar-refractivity contribution is 6.38. The summed E-state index contributed by atoms with van der Waals surface area (Å²) >= 11 is 6.44. The van der Waals surface area contributed by atoms with E-state index in [4.69, 9.17) is 11.6 Å². The summed E-state index contributed by atoms with van der Waals surface area (Å²) in [6.45, 7) is 0.748. The fourth-order valence-corrected chi connectivity index (χ4v) is 3.63. The smallest absolute Gasteiger partial charge is 0.272 e. The predicted molar refractivity (Wildman–Crippen MR) is 90.6 cm³/mol. The molecule has 2 aromatic heterocycles. The number of aromatic amines is 1. The van der Waals surface area contributed by atoms with E-state index in [1.807, 2.05) is 41.3 Å². The number of amides is 1. The van der Waals surface area contributed by atoms with Gasteiger partial charge in [0.05, 0.1) is 11.1 Å². The Kier molecular flexibility index (Phi) is 3.54. The fourth-order valence-electron chi connectivity index (χ4n) is 3.34. The van der Waals surface area contributed by atoms with Gasteiger partial charge in [-0.1, -0.05) is 29.8 Å². The molecule has 23 heavy (non-hydrogen) atoms. The molecule has 0 bridgehead atoms. The minimum Gasteiger partial charge on any atom is -0.349 e. The zero-order valence-corrected chi connectivity index (χ0v) is 13.3. The quantitative estimate of drug-likeness (QED) is 0.768. The normalized spacial score (nSPS) is 17.8. The van der Waals surface area contributed by atoms with Crippen molar-refractivity contribution in [3.05, 3.63) is 65.1 Å². The number of para-hydroxylation sites is 1. The minimum atomic E-state index is -0.0366.